The second-order valence-corrected chi connectivity index (χ2v) is 6.49. The van der Waals surface area contributed by atoms with Crippen LogP contribution in [0.1, 0.15) is 29.2 Å². The lowest BCUT2D eigenvalue weighted by atomic mass is 10.1. The summed E-state index contributed by atoms with van der Waals surface area (Å²) in [6.07, 6.45) is 5.49. The third-order valence-electron chi connectivity index (χ3n) is 4.03. The van der Waals surface area contributed by atoms with E-state index in [4.69, 9.17) is 4.74 Å². The van der Waals surface area contributed by atoms with E-state index in [1.807, 2.05) is 103 Å². The van der Waals surface area contributed by atoms with Gasteiger partial charge in [0.2, 0.25) is 0 Å². The summed E-state index contributed by atoms with van der Waals surface area (Å²) < 4.78 is 4.95. The minimum Gasteiger partial charge on any atom is -0.457 e. The van der Waals surface area contributed by atoms with Crippen molar-refractivity contribution in [2.24, 2.45) is 0 Å². The van der Waals surface area contributed by atoms with Crippen molar-refractivity contribution >= 4 is 24.2 Å². The molecule has 0 spiro atoms. The Morgan fingerprint density at radius 3 is 1.58 bits per heavy atom. The average molecular weight is 411 g/mol. The molecule has 2 nitrogen and oxygen atoms in total. The van der Waals surface area contributed by atoms with E-state index in [9.17, 15) is 4.79 Å². The number of carbonyl (C=O) groups excluding carboxylic acids is 1. The maximum atomic E-state index is 11.0. The first-order chi connectivity index (χ1) is 15.0. The molecule has 0 aliphatic carbocycles. The van der Waals surface area contributed by atoms with Gasteiger partial charge in [-0.25, -0.2) is 4.79 Å². The zero-order valence-electron chi connectivity index (χ0n) is 18.2. The first kappa shape index (κ1) is 25.1. The van der Waals surface area contributed by atoms with Gasteiger partial charge in [0.1, 0.15) is 6.61 Å². The number of rotatable bonds is 6. The van der Waals surface area contributed by atoms with E-state index in [1.165, 1.54) is 5.56 Å². The first-order valence-electron chi connectivity index (χ1n) is 9.89. The van der Waals surface area contributed by atoms with Crippen molar-refractivity contribution in [3.8, 4) is 0 Å². The summed E-state index contributed by atoms with van der Waals surface area (Å²) in [6.45, 7) is 16.5. The predicted molar refractivity (Wildman–Crippen MR) is 134 cm³/mol. The van der Waals surface area contributed by atoms with E-state index in [2.05, 4.69) is 26.3 Å². The van der Waals surface area contributed by atoms with Crippen LogP contribution in [0.2, 0.25) is 0 Å². The highest BCUT2D eigenvalue weighted by Crippen LogP contribution is 2.10. The molecule has 0 saturated carbocycles. The monoisotopic (exact) mass is 410 g/mol. The minimum absolute atomic E-state index is 0.312. The van der Waals surface area contributed by atoms with Gasteiger partial charge < -0.3 is 4.74 Å². The number of esters is 1. The van der Waals surface area contributed by atoms with Gasteiger partial charge in [0.25, 0.3) is 0 Å². The van der Waals surface area contributed by atoms with Gasteiger partial charge in [0, 0.05) is 5.57 Å². The van der Waals surface area contributed by atoms with Crippen LogP contribution < -0.4 is 0 Å². The van der Waals surface area contributed by atoms with Crippen LogP contribution in [-0.4, -0.2) is 5.97 Å². The molecule has 0 aromatic heterocycles. The third kappa shape index (κ3) is 10.4. The normalized spacial score (nSPS) is 8.94. The summed E-state index contributed by atoms with van der Waals surface area (Å²) >= 11 is 0. The fourth-order valence-corrected chi connectivity index (χ4v) is 2.32. The van der Waals surface area contributed by atoms with Crippen LogP contribution in [0.4, 0.5) is 0 Å². The molecule has 0 aliphatic heterocycles. The summed E-state index contributed by atoms with van der Waals surface area (Å²) in [5, 5.41) is 0. The molecule has 3 aromatic rings. The molecule has 0 heterocycles. The van der Waals surface area contributed by atoms with Gasteiger partial charge in [0.15, 0.2) is 0 Å². The van der Waals surface area contributed by atoms with Crippen molar-refractivity contribution in [1.29, 1.82) is 0 Å². The van der Waals surface area contributed by atoms with E-state index in [0.29, 0.717) is 12.2 Å². The molecule has 0 bridgehead atoms. The van der Waals surface area contributed by atoms with Crippen LogP contribution in [0.15, 0.2) is 117 Å². The van der Waals surface area contributed by atoms with E-state index < -0.39 is 0 Å². The van der Waals surface area contributed by atoms with Crippen LogP contribution in [0.25, 0.3) is 18.2 Å². The highest BCUT2D eigenvalue weighted by molar-refractivity contribution is 5.86. The zero-order valence-corrected chi connectivity index (χ0v) is 18.2. The summed E-state index contributed by atoms with van der Waals surface area (Å²) in [4.78, 5) is 11.0. The summed E-state index contributed by atoms with van der Waals surface area (Å²) in [7, 11) is 0. The predicted octanol–water partition coefficient (Wildman–Crippen LogP) is 7.61. The van der Waals surface area contributed by atoms with Crippen LogP contribution in [-0.2, 0) is 16.1 Å². The van der Waals surface area contributed by atoms with E-state index in [1.54, 1.807) is 6.92 Å². The molecular formula is C29H30O2. The largest absolute Gasteiger partial charge is 0.457 e. The quantitative estimate of drug-likeness (QED) is 0.309. The number of ether oxygens (including phenoxy) is 1. The maximum absolute atomic E-state index is 11.0. The number of benzene rings is 3. The average Bonchev–Trinajstić information content (AvgIpc) is 2.84. The molecule has 0 aliphatic rings. The number of carbonyl (C=O) groups is 1. The van der Waals surface area contributed by atoms with Crippen molar-refractivity contribution in [1.82, 2.24) is 0 Å². The van der Waals surface area contributed by atoms with E-state index in [0.717, 1.165) is 16.7 Å². The maximum Gasteiger partial charge on any atom is 0.333 e. The summed E-state index contributed by atoms with van der Waals surface area (Å²) in [5.74, 6) is -0.344. The SMILES string of the molecule is C=C(C)C(=O)OCc1ccccc1.C=Cc1ccccc1.C=Cc1ccccc1C=C. The van der Waals surface area contributed by atoms with Gasteiger partial charge in [-0.2, -0.15) is 0 Å². The van der Waals surface area contributed by atoms with Crippen molar-refractivity contribution in [2.75, 3.05) is 0 Å². The number of hydrogen-bond donors (Lipinski definition) is 0. The molecular weight excluding hydrogens is 380 g/mol. The van der Waals surface area contributed by atoms with E-state index >= 15 is 0 Å². The summed E-state index contributed by atoms with van der Waals surface area (Å²) in [6, 6.07) is 27.6. The molecule has 158 valence electrons. The molecule has 0 amide bonds. The molecule has 0 atom stereocenters. The molecule has 0 unspecified atom stereocenters. The smallest absolute Gasteiger partial charge is 0.333 e. The Kier molecular flexibility index (Phi) is 12.2. The van der Waals surface area contributed by atoms with Crippen LogP contribution in [0.5, 0.6) is 0 Å². The van der Waals surface area contributed by atoms with Crippen LogP contribution in [0.3, 0.4) is 0 Å². The van der Waals surface area contributed by atoms with Gasteiger partial charge in [0.05, 0.1) is 0 Å². The highest BCUT2D eigenvalue weighted by Gasteiger charge is 2.02. The molecule has 31 heavy (non-hydrogen) atoms. The van der Waals surface area contributed by atoms with Gasteiger partial charge in [-0.3, -0.25) is 0 Å². The summed E-state index contributed by atoms with van der Waals surface area (Å²) in [5.41, 5.74) is 4.86. The Bertz CT molecular complexity index is 943. The van der Waals surface area contributed by atoms with Crippen LogP contribution >= 0.6 is 0 Å². The Hall–Kier alpha value is -3.91. The van der Waals surface area contributed by atoms with Crippen molar-refractivity contribution < 1.29 is 9.53 Å². The third-order valence-corrected chi connectivity index (χ3v) is 4.03. The lowest BCUT2D eigenvalue weighted by Gasteiger charge is -2.03. The van der Waals surface area contributed by atoms with E-state index in [-0.39, 0.29) is 5.97 Å². The van der Waals surface area contributed by atoms with Crippen molar-refractivity contribution in [3.05, 3.63) is 139 Å². The van der Waals surface area contributed by atoms with Gasteiger partial charge >= 0.3 is 5.97 Å². The molecule has 0 radical (unpaired) electrons. The second kappa shape index (κ2) is 15.0. The first-order valence-corrected chi connectivity index (χ1v) is 9.89. The Morgan fingerprint density at radius 1 is 0.742 bits per heavy atom. The second-order valence-electron chi connectivity index (χ2n) is 6.49. The van der Waals surface area contributed by atoms with Crippen molar-refractivity contribution in [2.45, 2.75) is 13.5 Å². The fourth-order valence-electron chi connectivity index (χ4n) is 2.32. The van der Waals surface area contributed by atoms with Crippen LogP contribution in [0, 0.1) is 0 Å². The molecule has 3 rings (SSSR count). The fraction of sp³-hybridized carbons (Fsp3) is 0.0690. The van der Waals surface area contributed by atoms with Gasteiger partial charge in [-0.15, -0.1) is 0 Å². The van der Waals surface area contributed by atoms with Crippen molar-refractivity contribution in [3.63, 3.8) is 0 Å². The Balaban J connectivity index is 0.000000240. The zero-order chi connectivity index (χ0) is 22.9. The van der Waals surface area contributed by atoms with Gasteiger partial charge in [-0.05, 0) is 29.2 Å². The standard InChI is InChI=1S/C11H12O2.C10H10.C8H8/c1-9(2)11(12)13-8-10-6-4-3-5-7-10;1-3-9-7-5-6-8-10(9)4-2;1-2-8-6-4-3-5-7-8/h3-7H,1,8H2,2H3;3-8H,1-2H2;2-7H,1H2. The minimum atomic E-state index is -0.344. The molecule has 0 fully saturated rings. The highest BCUT2D eigenvalue weighted by atomic mass is 16.5. The molecule has 3 aromatic carbocycles. The molecule has 2 heteroatoms. The molecule has 0 N–H and O–H groups in total. The Labute approximate surface area is 186 Å². The topological polar surface area (TPSA) is 26.3 Å². The molecule has 0 saturated heterocycles. The lowest BCUT2D eigenvalue weighted by Crippen LogP contribution is -2.04. The van der Waals surface area contributed by atoms with Gasteiger partial charge in [-0.1, -0.05) is 129 Å². The Morgan fingerprint density at radius 2 is 1.19 bits per heavy atom. The lowest BCUT2D eigenvalue weighted by molar-refractivity contribution is -0.140. The number of hydrogen-bond acceptors (Lipinski definition) is 2.